The van der Waals surface area contributed by atoms with E-state index in [0.29, 0.717) is 5.92 Å². The molecule has 0 atom stereocenters. The van der Waals surface area contributed by atoms with Gasteiger partial charge in [-0.1, -0.05) is 54.8 Å². The summed E-state index contributed by atoms with van der Waals surface area (Å²) < 4.78 is 8.78. The van der Waals surface area contributed by atoms with E-state index in [4.69, 9.17) is 9.72 Å². The van der Waals surface area contributed by atoms with Crippen LogP contribution in [0.4, 0.5) is 11.6 Å². The Morgan fingerprint density at radius 2 is 1.89 bits per heavy atom. The minimum absolute atomic E-state index is 0.575. The van der Waals surface area contributed by atoms with Crippen LogP contribution in [0.2, 0.25) is 0 Å². The maximum Gasteiger partial charge on any atom is 0.208 e. The average Bonchev–Trinajstić information content (AvgIpc) is 2.99. The standard InChI is InChI=1S/C23H30BrN3O/c1-6-9-16(10-7-2)18-11-8-12-19-22(18)27(4)23(25-19)26-21-15(3)13-17(24)14-20(21)28-5/h8,11-14,16H,6-7,9-10H2,1-5H3,(H,25,26). The summed E-state index contributed by atoms with van der Waals surface area (Å²) in [6, 6.07) is 10.6. The van der Waals surface area contributed by atoms with Crippen molar-refractivity contribution in [2.45, 2.75) is 52.4 Å². The molecule has 4 nitrogen and oxygen atoms in total. The molecule has 0 bridgehead atoms. The maximum atomic E-state index is 5.59. The van der Waals surface area contributed by atoms with Gasteiger partial charge < -0.3 is 14.6 Å². The maximum absolute atomic E-state index is 5.59. The summed E-state index contributed by atoms with van der Waals surface area (Å²) in [4.78, 5) is 4.89. The fourth-order valence-corrected chi connectivity index (χ4v) is 4.59. The van der Waals surface area contributed by atoms with E-state index in [9.17, 15) is 0 Å². The lowest BCUT2D eigenvalue weighted by molar-refractivity contribution is 0.416. The number of aromatic nitrogens is 2. The number of benzene rings is 2. The van der Waals surface area contributed by atoms with E-state index in [0.717, 1.165) is 32.9 Å². The Labute approximate surface area is 176 Å². The summed E-state index contributed by atoms with van der Waals surface area (Å²) in [6.07, 6.45) is 4.81. The molecule has 0 saturated heterocycles. The second-order valence-electron chi connectivity index (χ2n) is 7.41. The number of anilines is 2. The predicted molar refractivity (Wildman–Crippen MR) is 122 cm³/mol. The van der Waals surface area contributed by atoms with Gasteiger partial charge in [0.2, 0.25) is 5.95 Å². The number of nitrogens with zero attached hydrogens (tertiary/aromatic N) is 2. The van der Waals surface area contributed by atoms with Crippen molar-refractivity contribution in [3.63, 3.8) is 0 Å². The van der Waals surface area contributed by atoms with Crippen molar-refractivity contribution in [2.75, 3.05) is 12.4 Å². The van der Waals surface area contributed by atoms with Gasteiger partial charge in [0, 0.05) is 11.5 Å². The lowest BCUT2D eigenvalue weighted by atomic mass is 9.89. The molecule has 0 spiro atoms. The first kappa shape index (κ1) is 20.7. The van der Waals surface area contributed by atoms with Crippen LogP contribution in [0.25, 0.3) is 11.0 Å². The number of ether oxygens (including phenoxy) is 1. The van der Waals surface area contributed by atoms with Crippen LogP contribution < -0.4 is 10.1 Å². The molecule has 1 N–H and O–H groups in total. The molecule has 0 aliphatic carbocycles. The van der Waals surface area contributed by atoms with Crippen molar-refractivity contribution < 1.29 is 4.74 Å². The monoisotopic (exact) mass is 443 g/mol. The van der Waals surface area contributed by atoms with Gasteiger partial charge in [0.15, 0.2) is 0 Å². The molecule has 28 heavy (non-hydrogen) atoms. The molecule has 0 aliphatic heterocycles. The summed E-state index contributed by atoms with van der Waals surface area (Å²) in [6.45, 7) is 6.60. The number of rotatable bonds is 8. The Bertz CT molecular complexity index is 958. The van der Waals surface area contributed by atoms with Gasteiger partial charge in [0.05, 0.1) is 23.8 Å². The van der Waals surface area contributed by atoms with Gasteiger partial charge in [-0.25, -0.2) is 4.98 Å². The predicted octanol–water partition coefficient (Wildman–Crippen LogP) is 7.08. The summed E-state index contributed by atoms with van der Waals surface area (Å²) in [7, 11) is 3.79. The quantitative estimate of drug-likeness (QED) is 0.404. The van der Waals surface area contributed by atoms with E-state index in [2.05, 4.69) is 77.9 Å². The molecule has 0 radical (unpaired) electrons. The number of hydrogen-bond donors (Lipinski definition) is 1. The Hall–Kier alpha value is -2.01. The van der Waals surface area contributed by atoms with Crippen LogP contribution in [0.1, 0.15) is 56.6 Å². The average molecular weight is 444 g/mol. The first-order valence-electron chi connectivity index (χ1n) is 10.1. The fourth-order valence-electron chi connectivity index (χ4n) is 4.04. The van der Waals surface area contributed by atoms with Crippen molar-refractivity contribution in [2.24, 2.45) is 7.05 Å². The van der Waals surface area contributed by atoms with E-state index in [1.54, 1.807) is 7.11 Å². The molecule has 0 unspecified atom stereocenters. The Balaban J connectivity index is 2.08. The van der Waals surface area contributed by atoms with E-state index < -0.39 is 0 Å². The van der Waals surface area contributed by atoms with E-state index in [-0.39, 0.29) is 0 Å². The molecule has 0 aliphatic rings. The Morgan fingerprint density at radius 1 is 1.18 bits per heavy atom. The zero-order valence-electron chi connectivity index (χ0n) is 17.5. The molecule has 0 fully saturated rings. The van der Waals surface area contributed by atoms with Crippen molar-refractivity contribution in [1.82, 2.24) is 9.55 Å². The number of aryl methyl sites for hydroxylation is 2. The number of methoxy groups -OCH3 is 1. The number of para-hydroxylation sites is 1. The van der Waals surface area contributed by atoms with Gasteiger partial charge in [0.25, 0.3) is 0 Å². The second-order valence-corrected chi connectivity index (χ2v) is 8.32. The van der Waals surface area contributed by atoms with Crippen molar-refractivity contribution in [3.05, 3.63) is 45.9 Å². The Morgan fingerprint density at radius 3 is 2.54 bits per heavy atom. The summed E-state index contributed by atoms with van der Waals surface area (Å²) >= 11 is 3.54. The van der Waals surface area contributed by atoms with Gasteiger partial charge in [0.1, 0.15) is 5.75 Å². The van der Waals surface area contributed by atoms with Gasteiger partial charge >= 0.3 is 0 Å². The lowest BCUT2D eigenvalue weighted by Gasteiger charge is -2.18. The zero-order chi connectivity index (χ0) is 20.3. The molecule has 1 aromatic heterocycles. The van der Waals surface area contributed by atoms with Crippen LogP contribution in [-0.4, -0.2) is 16.7 Å². The number of nitrogens with one attached hydrogen (secondary N) is 1. The van der Waals surface area contributed by atoms with Crippen LogP contribution in [0.15, 0.2) is 34.8 Å². The topological polar surface area (TPSA) is 39.1 Å². The normalized spacial score (nSPS) is 11.4. The highest BCUT2D eigenvalue weighted by molar-refractivity contribution is 9.10. The highest BCUT2D eigenvalue weighted by atomic mass is 79.9. The van der Waals surface area contributed by atoms with Gasteiger partial charge in [-0.2, -0.15) is 0 Å². The van der Waals surface area contributed by atoms with Crippen LogP contribution in [-0.2, 0) is 7.05 Å². The SMILES string of the molecule is CCCC(CCC)c1cccc2nc(Nc3c(C)cc(Br)cc3OC)n(C)c12. The largest absolute Gasteiger partial charge is 0.495 e. The molecular weight excluding hydrogens is 414 g/mol. The molecule has 3 aromatic rings. The third-order valence-electron chi connectivity index (χ3n) is 5.36. The molecular formula is C23H30BrN3O. The number of fused-ring (bicyclic) bond motifs is 1. The van der Waals surface area contributed by atoms with E-state index in [1.807, 2.05) is 6.07 Å². The van der Waals surface area contributed by atoms with Gasteiger partial charge in [-0.15, -0.1) is 0 Å². The smallest absolute Gasteiger partial charge is 0.208 e. The lowest BCUT2D eigenvalue weighted by Crippen LogP contribution is -2.05. The molecule has 5 heteroatoms. The first-order valence-corrected chi connectivity index (χ1v) is 10.9. The minimum Gasteiger partial charge on any atom is -0.495 e. The van der Waals surface area contributed by atoms with Crippen molar-refractivity contribution in [1.29, 1.82) is 0 Å². The van der Waals surface area contributed by atoms with E-state index in [1.165, 1.54) is 36.8 Å². The number of imidazole rings is 1. The van der Waals surface area contributed by atoms with Crippen LogP contribution in [0.5, 0.6) is 5.75 Å². The summed E-state index contributed by atoms with van der Waals surface area (Å²) in [5, 5.41) is 3.51. The summed E-state index contributed by atoms with van der Waals surface area (Å²) in [5.41, 5.74) is 5.72. The van der Waals surface area contributed by atoms with Crippen molar-refractivity contribution >= 4 is 38.6 Å². The second kappa shape index (κ2) is 8.99. The molecule has 0 amide bonds. The minimum atomic E-state index is 0.575. The number of halogens is 1. The van der Waals surface area contributed by atoms with Crippen LogP contribution in [0, 0.1) is 6.92 Å². The molecule has 3 rings (SSSR count). The first-order chi connectivity index (χ1) is 13.5. The van der Waals surface area contributed by atoms with Crippen molar-refractivity contribution in [3.8, 4) is 5.75 Å². The zero-order valence-corrected chi connectivity index (χ0v) is 19.1. The number of hydrogen-bond acceptors (Lipinski definition) is 3. The molecule has 150 valence electrons. The Kier molecular flexibility index (Phi) is 6.65. The highest BCUT2D eigenvalue weighted by Gasteiger charge is 2.19. The van der Waals surface area contributed by atoms with Crippen LogP contribution in [0.3, 0.4) is 0 Å². The third kappa shape index (κ3) is 4.04. The van der Waals surface area contributed by atoms with Crippen LogP contribution >= 0.6 is 15.9 Å². The molecule has 0 saturated carbocycles. The molecule has 1 heterocycles. The fraction of sp³-hybridized carbons (Fsp3) is 0.435. The summed E-state index contributed by atoms with van der Waals surface area (Å²) in [5.74, 6) is 2.21. The molecule has 2 aromatic carbocycles. The van der Waals surface area contributed by atoms with Gasteiger partial charge in [-0.05, 0) is 55.0 Å². The third-order valence-corrected chi connectivity index (χ3v) is 5.82. The highest BCUT2D eigenvalue weighted by Crippen LogP contribution is 2.37. The van der Waals surface area contributed by atoms with E-state index >= 15 is 0 Å². The van der Waals surface area contributed by atoms with Gasteiger partial charge in [-0.3, -0.25) is 0 Å².